The lowest BCUT2D eigenvalue weighted by atomic mass is 10.1. The molecule has 0 aliphatic carbocycles. The van der Waals surface area contributed by atoms with Crippen LogP contribution in [0, 0.1) is 6.92 Å². The summed E-state index contributed by atoms with van der Waals surface area (Å²) in [4.78, 5) is 37.2. The van der Waals surface area contributed by atoms with E-state index in [0.717, 1.165) is 15.6 Å². The standard InChI is InChI=1S/C20H18N2O4S/c1-12-14-10-6-7-11-15(14)27-17(12)19(24)26-16(13-8-4-3-5-9-13)18(23)22-20(25)21-2/h3-11,16H,1-2H3,(H2,21,22,23,25)/t16-/m0/s1. The van der Waals surface area contributed by atoms with Crippen LogP contribution < -0.4 is 10.6 Å². The lowest BCUT2D eigenvalue weighted by Crippen LogP contribution is -2.41. The molecule has 0 fully saturated rings. The van der Waals surface area contributed by atoms with Crippen LogP contribution in [0.1, 0.15) is 26.9 Å². The summed E-state index contributed by atoms with van der Waals surface area (Å²) in [7, 11) is 1.40. The van der Waals surface area contributed by atoms with Crippen LogP contribution in [0.2, 0.25) is 0 Å². The molecule has 3 rings (SSSR count). The van der Waals surface area contributed by atoms with E-state index in [0.29, 0.717) is 10.4 Å². The Balaban J connectivity index is 1.90. The Hall–Kier alpha value is -3.19. The first-order chi connectivity index (χ1) is 13.0. The Labute approximate surface area is 160 Å². The average molecular weight is 382 g/mol. The highest BCUT2D eigenvalue weighted by molar-refractivity contribution is 7.21. The molecule has 0 radical (unpaired) electrons. The van der Waals surface area contributed by atoms with Gasteiger partial charge in [-0.25, -0.2) is 9.59 Å². The zero-order valence-corrected chi connectivity index (χ0v) is 15.6. The number of amides is 3. The van der Waals surface area contributed by atoms with Crippen molar-refractivity contribution in [2.45, 2.75) is 13.0 Å². The molecule has 7 heteroatoms. The average Bonchev–Trinajstić information content (AvgIpc) is 3.03. The van der Waals surface area contributed by atoms with Gasteiger partial charge in [-0.1, -0.05) is 48.5 Å². The van der Waals surface area contributed by atoms with Gasteiger partial charge < -0.3 is 10.1 Å². The summed E-state index contributed by atoms with van der Waals surface area (Å²) in [6.45, 7) is 1.84. The predicted molar refractivity (Wildman–Crippen MR) is 104 cm³/mol. The SMILES string of the molecule is CNC(=O)NC(=O)[C@@H](OC(=O)c1sc2ccccc2c1C)c1ccccc1. The van der Waals surface area contributed by atoms with Crippen LogP contribution in [0.4, 0.5) is 4.79 Å². The number of carbonyl (C=O) groups is 3. The van der Waals surface area contributed by atoms with Gasteiger partial charge in [-0.15, -0.1) is 11.3 Å². The molecule has 3 aromatic rings. The number of thiophene rings is 1. The third-order valence-corrected chi connectivity index (χ3v) is 5.31. The van der Waals surface area contributed by atoms with E-state index in [1.165, 1.54) is 18.4 Å². The number of hydrogen-bond acceptors (Lipinski definition) is 5. The number of fused-ring (bicyclic) bond motifs is 1. The van der Waals surface area contributed by atoms with Gasteiger partial charge >= 0.3 is 12.0 Å². The fourth-order valence-corrected chi connectivity index (χ4v) is 3.76. The Morgan fingerprint density at radius 1 is 1.00 bits per heavy atom. The minimum Gasteiger partial charge on any atom is -0.443 e. The third kappa shape index (κ3) is 3.98. The number of urea groups is 1. The molecule has 2 N–H and O–H groups in total. The molecule has 0 bridgehead atoms. The number of aryl methyl sites for hydroxylation is 1. The van der Waals surface area contributed by atoms with Crippen LogP contribution in [0.25, 0.3) is 10.1 Å². The molecule has 0 saturated carbocycles. The third-order valence-electron chi connectivity index (χ3n) is 4.06. The highest BCUT2D eigenvalue weighted by Gasteiger charge is 2.28. The van der Waals surface area contributed by atoms with E-state index in [4.69, 9.17) is 4.74 Å². The minimum absolute atomic E-state index is 0.435. The van der Waals surface area contributed by atoms with Gasteiger partial charge in [0.15, 0.2) is 0 Å². The quantitative estimate of drug-likeness (QED) is 0.676. The Morgan fingerprint density at radius 2 is 1.67 bits per heavy atom. The normalized spacial score (nSPS) is 11.6. The van der Waals surface area contributed by atoms with Gasteiger partial charge in [0, 0.05) is 17.3 Å². The first-order valence-corrected chi connectivity index (χ1v) is 9.09. The zero-order valence-electron chi connectivity index (χ0n) is 14.8. The topological polar surface area (TPSA) is 84.5 Å². The molecule has 0 saturated heterocycles. The molecule has 3 amide bonds. The molecule has 27 heavy (non-hydrogen) atoms. The monoisotopic (exact) mass is 382 g/mol. The van der Waals surface area contributed by atoms with Crippen LogP contribution in [0.3, 0.4) is 0 Å². The molecule has 6 nitrogen and oxygen atoms in total. The van der Waals surface area contributed by atoms with E-state index in [1.807, 2.05) is 31.2 Å². The van der Waals surface area contributed by atoms with Gasteiger partial charge in [-0.2, -0.15) is 0 Å². The van der Waals surface area contributed by atoms with Gasteiger partial charge in [0.1, 0.15) is 4.88 Å². The summed E-state index contributed by atoms with van der Waals surface area (Å²) in [5.41, 5.74) is 1.28. The second kappa shape index (κ2) is 8.01. The number of nitrogens with one attached hydrogen (secondary N) is 2. The summed E-state index contributed by atoms with van der Waals surface area (Å²) in [6.07, 6.45) is -1.24. The highest BCUT2D eigenvalue weighted by atomic mass is 32.1. The zero-order chi connectivity index (χ0) is 19.4. The number of esters is 1. The van der Waals surface area contributed by atoms with Gasteiger partial charge in [-0.3, -0.25) is 10.1 Å². The molecule has 138 valence electrons. The Bertz CT molecular complexity index is 998. The lowest BCUT2D eigenvalue weighted by Gasteiger charge is -2.17. The number of carbonyl (C=O) groups excluding carboxylic acids is 3. The molecule has 0 spiro atoms. The van der Waals surface area contributed by atoms with Gasteiger partial charge in [0.25, 0.3) is 5.91 Å². The van der Waals surface area contributed by atoms with E-state index in [1.54, 1.807) is 30.3 Å². The van der Waals surface area contributed by atoms with Crippen LogP contribution in [-0.2, 0) is 9.53 Å². The van der Waals surface area contributed by atoms with Crippen LogP contribution in [0.5, 0.6) is 0 Å². The molecule has 0 unspecified atom stereocenters. The van der Waals surface area contributed by atoms with Crippen LogP contribution in [0.15, 0.2) is 54.6 Å². The van der Waals surface area contributed by atoms with Crippen molar-refractivity contribution in [2.24, 2.45) is 0 Å². The Kier molecular flexibility index (Phi) is 5.52. The van der Waals surface area contributed by atoms with E-state index < -0.39 is 24.0 Å². The summed E-state index contributed by atoms with van der Waals surface area (Å²) in [6, 6.07) is 15.6. The smallest absolute Gasteiger partial charge is 0.349 e. The number of hydrogen-bond donors (Lipinski definition) is 2. The number of rotatable bonds is 4. The fraction of sp³-hybridized carbons (Fsp3) is 0.150. The largest absolute Gasteiger partial charge is 0.443 e. The lowest BCUT2D eigenvalue weighted by molar-refractivity contribution is -0.129. The summed E-state index contributed by atoms with van der Waals surface area (Å²) in [5, 5.41) is 5.44. The van der Waals surface area contributed by atoms with Crippen molar-refractivity contribution in [3.63, 3.8) is 0 Å². The van der Waals surface area contributed by atoms with Gasteiger partial charge in [-0.05, 0) is 23.9 Å². The first-order valence-electron chi connectivity index (χ1n) is 8.28. The molecule has 0 aliphatic heterocycles. The summed E-state index contributed by atoms with van der Waals surface area (Å²) >= 11 is 1.31. The molecule has 0 aliphatic rings. The van der Waals surface area contributed by atoms with Crippen molar-refractivity contribution < 1.29 is 19.1 Å². The molecule has 2 aromatic carbocycles. The highest BCUT2D eigenvalue weighted by Crippen LogP contribution is 2.32. The van der Waals surface area contributed by atoms with E-state index in [9.17, 15) is 14.4 Å². The van der Waals surface area contributed by atoms with Gasteiger partial charge in [0.05, 0.1) is 0 Å². The van der Waals surface area contributed by atoms with Crippen molar-refractivity contribution >= 4 is 39.3 Å². The predicted octanol–water partition coefficient (Wildman–Crippen LogP) is 3.56. The molecule has 1 atom stereocenters. The van der Waals surface area contributed by atoms with Crippen molar-refractivity contribution in [3.8, 4) is 0 Å². The fourth-order valence-electron chi connectivity index (χ4n) is 2.67. The number of ether oxygens (including phenoxy) is 1. The minimum atomic E-state index is -1.24. The second-order valence-electron chi connectivity index (χ2n) is 5.82. The summed E-state index contributed by atoms with van der Waals surface area (Å²) in [5.74, 6) is -1.32. The summed E-state index contributed by atoms with van der Waals surface area (Å²) < 4.78 is 6.49. The van der Waals surface area contributed by atoms with E-state index >= 15 is 0 Å². The van der Waals surface area contributed by atoms with Crippen molar-refractivity contribution in [3.05, 3.63) is 70.6 Å². The maximum Gasteiger partial charge on any atom is 0.349 e. The second-order valence-corrected chi connectivity index (χ2v) is 6.87. The maximum atomic E-state index is 12.8. The van der Waals surface area contributed by atoms with Gasteiger partial charge in [0.2, 0.25) is 6.10 Å². The van der Waals surface area contributed by atoms with Crippen LogP contribution >= 0.6 is 11.3 Å². The van der Waals surface area contributed by atoms with E-state index in [-0.39, 0.29) is 0 Å². The molecular formula is C20H18N2O4S. The maximum absolute atomic E-state index is 12.8. The Morgan fingerprint density at radius 3 is 2.33 bits per heavy atom. The molecular weight excluding hydrogens is 364 g/mol. The number of benzene rings is 2. The molecule has 1 aromatic heterocycles. The molecule has 1 heterocycles. The van der Waals surface area contributed by atoms with Crippen molar-refractivity contribution in [1.29, 1.82) is 0 Å². The van der Waals surface area contributed by atoms with Crippen molar-refractivity contribution in [2.75, 3.05) is 7.05 Å². The van der Waals surface area contributed by atoms with E-state index in [2.05, 4.69) is 10.6 Å². The number of imide groups is 1. The first kappa shape index (κ1) is 18.6. The van der Waals surface area contributed by atoms with Crippen molar-refractivity contribution in [1.82, 2.24) is 10.6 Å². The van der Waals surface area contributed by atoms with Crippen LogP contribution in [-0.4, -0.2) is 25.0 Å².